The second-order valence-corrected chi connectivity index (χ2v) is 5.70. The van der Waals surface area contributed by atoms with Crippen LogP contribution in [-0.4, -0.2) is 13.2 Å². The van der Waals surface area contributed by atoms with Gasteiger partial charge in [0.05, 0.1) is 7.11 Å². The second kappa shape index (κ2) is 5.09. The van der Waals surface area contributed by atoms with Crippen LogP contribution in [0.2, 0.25) is 0 Å². The Balaban J connectivity index is 3.18. The summed E-state index contributed by atoms with van der Waals surface area (Å²) in [7, 11) is 1.72. The van der Waals surface area contributed by atoms with E-state index in [0.29, 0.717) is 0 Å². The Morgan fingerprint density at radius 2 is 1.82 bits per heavy atom. The van der Waals surface area contributed by atoms with E-state index in [1.807, 2.05) is 0 Å². The molecule has 96 valence electrons. The van der Waals surface area contributed by atoms with Crippen molar-refractivity contribution in [3.63, 3.8) is 0 Å². The standard InChI is InChI=1S/C15H25NO/c1-10-8-14(17-6)11(2)7-13(10)15(4,5)9-12(3)16/h7-8,12H,9,16H2,1-6H3. The Kier molecular flexibility index (Phi) is 4.21. The summed E-state index contributed by atoms with van der Waals surface area (Å²) in [6.45, 7) is 10.8. The van der Waals surface area contributed by atoms with E-state index in [1.165, 1.54) is 16.7 Å². The van der Waals surface area contributed by atoms with Crippen molar-refractivity contribution in [3.8, 4) is 5.75 Å². The van der Waals surface area contributed by atoms with Gasteiger partial charge in [0.15, 0.2) is 0 Å². The lowest BCUT2D eigenvalue weighted by molar-refractivity contribution is 0.407. The van der Waals surface area contributed by atoms with Crippen LogP contribution in [0.4, 0.5) is 0 Å². The molecule has 1 rings (SSSR count). The number of rotatable bonds is 4. The maximum absolute atomic E-state index is 5.94. The molecule has 0 bridgehead atoms. The minimum atomic E-state index is 0.106. The molecule has 0 saturated carbocycles. The monoisotopic (exact) mass is 235 g/mol. The molecule has 0 heterocycles. The molecule has 0 radical (unpaired) electrons. The summed E-state index contributed by atoms with van der Waals surface area (Å²) in [6.07, 6.45) is 0.986. The first kappa shape index (κ1) is 14.0. The van der Waals surface area contributed by atoms with Gasteiger partial charge >= 0.3 is 0 Å². The molecule has 2 N–H and O–H groups in total. The Bertz CT molecular complexity index is 394. The highest BCUT2D eigenvalue weighted by molar-refractivity contribution is 5.44. The lowest BCUT2D eigenvalue weighted by Gasteiger charge is -2.29. The van der Waals surface area contributed by atoms with Crippen LogP contribution in [-0.2, 0) is 5.41 Å². The first-order valence-corrected chi connectivity index (χ1v) is 6.19. The van der Waals surface area contributed by atoms with Crippen molar-refractivity contribution < 1.29 is 4.74 Å². The van der Waals surface area contributed by atoms with Crippen LogP contribution >= 0.6 is 0 Å². The molecule has 0 aliphatic carbocycles. The number of nitrogens with two attached hydrogens (primary N) is 1. The second-order valence-electron chi connectivity index (χ2n) is 5.70. The van der Waals surface area contributed by atoms with Crippen LogP contribution in [0.3, 0.4) is 0 Å². The fraction of sp³-hybridized carbons (Fsp3) is 0.600. The van der Waals surface area contributed by atoms with Gasteiger partial charge in [-0.05, 0) is 55.4 Å². The number of aryl methyl sites for hydroxylation is 2. The quantitative estimate of drug-likeness (QED) is 0.869. The van der Waals surface area contributed by atoms with E-state index in [2.05, 4.69) is 46.8 Å². The number of hydrogen-bond acceptors (Lipinski definition) is 2. The third-order valence-corrected chi connectivity index (χ3v) is 3.30. The van der Waals surface area contributed by atoms with Gasteiger partial charge < -0.3 is 10.5 Å². The summed E-state index contributed by atoms with van der Waals surface area (Å²) < 4.78 is 5.35. The largest absolute Gasteiger partial charge is 0.496 e. The molecular formula is C15H25NO. The van der Waals surface area contributed by atoms with Gasteiger partial charge in [-0.1, -0.05) is 19.9 Å². The van der Waals surface area contributed by atoms with Crippen molar-refractivity contribution in [2.45, 2.75) is 52.5 Å². The van der Waals surface area contributed by atoms with Gasteiger partial charge in [0.25, 0.3) is 0 Å². The third-order valence-electron chi connectivity index (χ3n) is 3.30. The number of hydrogen-bond donors (Lipinski definition) is 1. The van der Waals surface area contributed by atoms with Crippen molar-refractivity contribution in [2.75, 3.05) is 7.11 Å². The van der Waals surface area contributed by atoms with Crippen LogP contribution in [0.15, 0.2) is 12.1 Å². The van der Waals surface area contributed by atoms with Gasteiger partial charge in [-0.3, -0.25) is 0 Å². The number of methoxy groups -OCH3 is 1. The van der Waals surface area contributed by atoms with Crippen LogP contribution in [0.5, 0.6) is 5.75 Å². The minimum Gasteiger partial charge on any atom is -0.496 e. The highest BCUT2D eigenvalue weighted by Gasteiger charge is 2.24. The predicted octanol–water partition coefficient (Wildman–Crippen LogP) is 3.33. The van der Waals surface area contributed by atoms with Gasteiger partial charge in [-0.2, -0.15) is 0 Å². The normalized spacial score (nSPS) is 13.6. The first-order chi connectivity index (χ1) is 7.77. The Morgan fingerprint density at radius 3 is 2.29 bits per heavy atom. The molecule has 2 heteroatoms. The lowest BCUT2D eigenvalue weighted by Crippen LogP contribution is -2.29. The molecule has 0 amide bonds. The smallest absolute Gasteiger partial charge is 0.122 e. The summed E-state index contributed by atoms with van der Waals surface area (Å²) in [5.41, 5.74) is 9.87. The maximum atomic E-state index is 5.94. The van der Waals surface area contributed by atoms with Gasteiger partial charge in [-0.15, -0.1) is 0 Å². The Hall–Kier alpha value is -1.02. The maximum Gasteiger partial charge on any atom is 0.122 e. The molecular weight excluding hydrogens is 210 g/mol. The Labute approximate surface area is 105 Å². The lowest BCUT2D eigenvalue weighted by atomic mass is 9.77. The van der Waals surface area contributed by atoms with Crippen LogP contribution in [0, 0.1) is 13.8 Å². The van der Waals surface area contributed by atoms with Crippen LogP contribution < -0.4 is 10.5 Å². The minimum absolute atomic E-state index is 0.106. The van der Waals surface area contributed by atoms with Gasteiger partial charge in [-0.25, -0.2) is 0 Å². The van der Waals surface area contributed by atoms with Crippen molar-refractivity contribution in [1.29, 1.82) is 0 Å². The molecule has 1 atom stereocenters. The van der Waals surface area contributed by atoms with E-state index in [1.54, 1.807) is 7.11 Å². The zero-order valence-corrected chi connectivity index (χ0v) is 11.9. The Morgan fingerprint density at radius 1 is 1.24 bits per heavy atom. The summed E-state index contributed by atoms with van der Waals surface area (Å²) >= 11 is 0. The summed E-state index contributed by atoms with van der Waals surface area (Å²) in [5.74, 6) is 0.961. The summed E-state index contributed by atoms with van der Waals surface area (Å²) in [6, 6.07) is 4.57. The van der Waals surface area contributed by atoms with E-state index < -0.39 is 0 Å². The predicted molar refractivity (Wildman–Crippen MR) is 73.8 cm³/mol. The van der Waals surface area contributed by atoms with E-state index in [-0.39, 0.29) is 11.5 Å². The van der Waals surface area contributed by atoms with E-state index in [4.69, 9.17) is 10.5 Å². The highest BCUT2D eigenvalue weighted by atomic mass is 16.5. The molecule has 0 spiro atoms. The van der Waals surface area contributed by atoms with Gasteiger partial charge in [0.1, 0.15) is 5.75 Å². The molecule has 2 nitrogen and oxygen atoms in total. The molecule has 17 heavy (non-hydrogen) atoms. The molecule has 0 aliphatic heterocycles. The fourth-order valence-electron chi connectivity index (χ4n) is 2.65. The summed E-state index contributed by atoms with van der Waals surface area (Å²) in [4.78, 5) is 0. The van der Waals surface area contributed by atoms with E-state index in [0.717, 1.165) is 12.2 Å². The van der Waals surface area contributed by atoms with E-state index in [9.17, 15) is 0 Å². The SMILES string of the molecule is COc1cc(C)c(C(C)(C)CC(C)N)cc1C. The van der Waals surface area contributed by atoms with Gasteiger partial charge in [0, 0.05) is 6.04 Å². The molecule has 1 unspecified atom stereocenters. The highest BCUT2D eigenvalue weighted by Crippen LogP contribution is 2.34. The van der Waals surface area contributed by atoms with Crippen LogP contribution in [0.25, 0.3) is 0 Å². The third kappa shape index (κ3) is 3.22. The molecule has 0 saturated heterocycles. The average Bonchev–Trinajstić information content (AvgIpc) is 2.18. The molecule has 0 aromatic heterocycles. The number of ether oxygens (including phenoxy) is 1. The summed E-state index contributed by atoms with van der Waals surface area (Å²) in [5, 5.41) is 0. The topological polar surface area (TPSA) is 35.2 Å². The average molecular weight is 235 g/mol. The van der Waals surface area contributed by atoms with E-state index >= 15 is 0 Å². The van der Waals surface area contributed by atoms with Crippen molar-refractivity contribution in [3.05, 3.63) is 28.8 Å². The van der Waals surface area contributed by atoms with Crippen LogP contribution in [0.1, 0.15) is 43.9 Å². The van der Waals surface area contributed by atoms with Gasteiger partial charge in [0.2, 0.25) is 0 Å². The number of benzene rings is 1. The molecule has 0 aliphatic rings. The van der Waals surface area contributed by atoms with Crippen molar-refractivity contribution >= 4 is 0 Å². The zero-order chi connectivity index (χ0) is 13.2. The molecule has 1 aromatic rings. The molecule has 1 aromatic carbocycles. The van der Waals surface area contributed by atoms with Crippen molar-refractivity contribution in [2.24, 2.45) is 5.73 Å². The zero-order valence-electron chi connectivity index (χ0n) is 11.9. The first-order valence-electron chi connectivity index (χ1n) is 6.19. The molecule has 0 fully saturated rings. The van der Waals surface area contributed by atoms with Crippen molar-refractivity contribution in [1.82, 2.24) is 0 Å². The fourth-order valence-corrected chi connectivity index (χ4v) is 2.65.